The molecule has 1 aromatic carbocycles. The number of hydroxylamine groups is 2. The van der Waals surface area contributed by atoms with Crippen LogP contribution in [0.2, 0.25) is 15.1 Å². The highest BCUT2D eigenvalue weighted by atomic mass is 35.5. The van der Waals surface area contributed by atoms with Gasteiger partial charge in [0.05, 0.1) is 13.2 Å². The number of amides is 1. The van der Waals surface area contributed by atoms with Crippen molar-refractivity contribution in [1.29, 1.82) is 0 Å². The van der Waals surface area contributed by atoms with Gasteiger partial charge in [-0.2, -0.15) is 0 Å². The second-order valence-electron chi connectivity index (χ2n) is 5.00. The standard InChI is InChI=1S/C14H12Cl3F2N3O2S/c1-6(3-8-9(16)4-7(15)5-10(8)17)22(24-2)14(23)12-11(13(18)19)20-21-25-12/h4-6,13H,3H2,1-2H3. The van der Waals surface area contributed by atoms with E-state index in [0.29, 0.717) is 32.2 Å². The molecule has 0 fully saturated rings. The predicted octanol–water partition coefficient (Wildman–Crippen LogP) is 5.07. The molecule has 0 N–H and O–H groups in total. The number of alkyl halides is 2. The lowest BCUT2D eigenvalue weighted by molar-refractivity contribution is -0.118. The van der Waals surface area contributed by atoms with Crippen LogP contribution in [0.25, 0.3) is 0 Å². The lowest BCUT2D eigenvalue weighted by atomic mass is 10.1. The van der Waals surface area contributed by atoms with Crippen molar-refractivity contribution < 1.29 is 18.4 Å². The number of hydrogen-bond acceptors (Lipinski definition) is 5. The first kappa shape index (κ1) is 20.3. The fourth-order valence-electron chi connectivity index (χ4n) is 2.20. The largest absolute Gasteiger partial charge is 0.291 e. The SMILES string of the molecule is CON(C(=O)c1snnc1C(F)F)C(C)Cc1c(Cl)cc(Cl)cc1Cl. The second-order valence-corrected chi connectivity index (χ2v) is 7.01. The van der Waals surface area contributed by atoms with Crippen LogP contribution in [0.3, 0.4) is 0 Å². The predicted molar refractivity (Wildman–Crippen MR) is 92.7 cm³/mol. The highest BCUT2D eigenvalue weighted by Crippen LogP contribution is 2.31. The summed E-state index contributed by atoms with van der Waals surface area (Å²) in [5.41, 5.74) is -0.113. The summed E-state index contributed by atoms with van der Waals surface area (Å²) in [5.74, 6) is -0.762. The average Bonchev–Trinajstić information content (AvgIpc) is 3.01. The lowest BCUT2D eigenvalue weighted by Gasteiger charge is -2.26. The molecule has 0 bridgehead atoms. The van der Waals surface area contributed by atoms with Crippen molar-refractivity contribution in [2.24, 2.45) is 0 Å². The molecule has 0 aliphatic carbocycles. The zero-order valence-corrected chi connectivity index (χ0v) is 16.1. The van der Waals surface area contributed by atoms with Crippen molar-refractivity contribution in [1.82, 2.24) is 14.7 Å². The summed E-state index contributed by atoms with van der Waals surface area (Å²) >= 11 is 18.7. The van der Waals surface area contributed by atoms with E-state index < -0.39 is 24.1 Å². The van der Waals surface area contributed by atoms with Gasteiger partial charge in [0, 0.05) is 15.1 Å². The third-order valence-corrected chi connectivity index (χ3v) is 4.94. The third-order valence-electron chi connectivity index (χ3n) is 3.32. The molecule has 1 unspecified atom stereocenters. The van der Waals surface area contributed by atoms with Gasteiger partial charge < -0.3 is 0 Å². The van der Waals surface area contributed by atoms with Gasteiger partial charge in [-0.25, -0.2) is 13.8 Å². The number of nitrogens with zero attached hydrogens (tertiary/aromatic N) is 3. The molecule has 1 heterocycles. The number of aromatic nitrogens is 2. The molecular weight excluding hydrogens is 419 g/mol. The first-order valence-corrected chi connectivity index (χ1v) is 8.78. The van der Waals surface area contributed by atoms with Gasteiger partial charge >= 0.3 is 0 Å². The van der Waals surface area contributed by atoms with E-state index >= 15 is 0 Å². The minimum Gasteiger partial charge on any atom is -0.274 e. The van der Waals surface area contributed by atoms with Crippen LogP contribution >= 0.6 is 46.3 Å². The minimum atomic E-state index is -2.91. The maximum Gasteiger partial charge on any atom is 0.291 e. The summed E-state index contributed by atoms with van der Waals surface area (Å²) in [6.07, 6.45) is -2.68. The fourth-order valence-corrected chi connectivity index (χ4v) is 3.77. The Morgan fingerprint density at radius 1 is 1.32 bits per heavy atom. The van der Waals surface area contributed by atoms with Gasteiger partial charge in [-0.3, -0.25) is 9.63 Å². The van der Waals surface area contributed by atoms with E-state index in [9.17, 15) is 13.6 Å². The van der Waals surface area contributed by atoms with Crippen molar-refractivity contribution in [3.8, 4) is 0 Å². The van der Waals surface area contributed by atoms with E-state index in [2.05, 4.69) is 9.59 Å². The minimum absolute atomic E-state index is 0.227. The number of carbonyl (C=O) groups excluding carboxylic acids is 1. The molecule has 136 valence electrons. The number of benzene rings is 1. The number of carbonyl (C=O) groups is 1. The van der Waals surface area contributed by atoms with Crippen molar-refractivity contribution in [3.05, 3.63) is 43.3 Å². The Morgan fingerprint density at radius 3 is 2.44 bits per heavy atom. The Hall–Kier alpha value is -1.06. The highest BCUT2D eigenvalue weighted by molar-refractivity contribution is 7.08. The van der Waals surface area contributed by atoms with E-state index in [1.54, 1.807) is 6.92 Å². The second kappa shape index (κ2) is 8.55. The van der Waals surface area contributed by atoms with Gasteiger partial charge in [0.1, 0.15) is 4.88 Å². The van der Waals surface area contributed by atoms with Crippen molar-refractivity contribution in [2.75, 3.05) is 7.11 Å². The summed E-state index contributed by atoms with van der Waals surface area (Å²) < 4.78 is 29.3. The van der Waals surface area contributed by atoms with E-state index in [1.807, 2.05) is 0 Å². The summed E-state index contributed by atoms with van der Waals surface area (Å²) in [4.78, 5) is 17.3. The topological polar surface area (TPSA) is 55.3 Å². The van der Waals surface area contributed by atoms with Crippen molar-refractivity contribution in [2.45, 2.75) is 25.8 Å². The van der Waals surface area contributed by atoms with Crippen LogP contribution in [0.15, 0.2) is 12.1 Å². The Labute approximate surface area is 161 Å². The maximum atomic E-state index is 12.9. The van der Waals surface area contributed by atoms with Crippen LogP contribution in [-0.2, 0) is 11.3 Å². The molecule has 25 heavy (non-hydrogen) atoms. The van der Waals surface area contributed by atoms with Crippen LogP contribution in [-0.4, -0.2) is 33.7 Å². The van der Waals surface area contributed by atoms with Crippen LogP contribution in [0, 0.1) is 0 Å². The summed E-state index contributed by atoms with van der Waals surface area (Å²) in [7, 11) is 1.26. The Morgan fingerprint density at radius 2 is 1.92 bits per heavy atom. The molecule has 5 nitrogen and oxygen atoms in total. The number of rotatable bonds is 6. The smallest absolute Gasteiger partial charge is 0.274 e. The Kier molecular flexibility index (Phi) is 6.93. The third kappa shape index (κ3) is 4.57. The first-order valence-electron chi connectivity index (χ1n) is 6.87. The molecule has 0 aliphatic heterocycles. The summed E-state index contributed by atoms with van der Waals surface area (Å²) in [6, 6.07) is 2.50. The zero-order valence-electron chi connectivity index (χ0n) is 13.0. The number of halogens is 5. The summed E-state index contributed by atoms with van der Waals surface area (Å²) in [6.45, 7) is 1.67. The fraction of sp³-hybridized carbons (Fsp3) is 0.357. The van der Waals surface area contributed by atoms with E-state index in [-0.39, 0.29) is 11.3 Å². The van der Waals surface area contributed by atoms with E-state index in [1.165, 1.54) is 19.2 Å². The quantitative estimate of drug-likeness (QED) is 0.600. The molecule has 2 aromatic rings. The van der Waals surface area contributed by atoms with E-state index in [4.69, 9.17) is 39.6 Å². The molecule has 11 heteroatoms. The van der Waals surface area contributed by atoms with Crippen molar-refractivity contribution in [3.63, 3.8) is 0 Å². The average molecular weight is 431 g/mol. The van der Waals surface area contributed by atoms with E-state index in [0.717, 1.165) is 5.06 Å². The molecular formula is C14H12Cl3F2N3O2S. The van der Waals surface area contributed by atoms with Crippen LogP contribution in [0.5, 0.6) is 0 Å². The zero-order chi connectivity index (χ0) is 18.7. The monoisotopic (exact) mass is 429 g/mol. The maximum absolute atomic E-state index is 12.9. The van der Waals surface area contributed by atoms with Crippen LogP contribution in [0.1, 0.15) is 34.3 Å². The molecule has 0 saturated heterocycles. The first-order chi connectivity index (χ1) is 11.8. The van der Waals surface area contributed by atoms with Gasteiger partial charge in [0.2, 0.25) is 0 Å². The van der Waals surface area contributed by atoms with Gasteiger partial charge in [-0.15, -0.1) is 5.10 Å². The lowest BCUT2D eigenvalue weighted by Crippen LogP contribution is -2.39. The van der Waals surface area contributed by atoms with Gasteiger partial charge in [0.25, 0.3) is 12.3 Å². The molecule has 0 spiro atoms. The molecule has 1 amide bonds. The normalized spacial score (nSPS) is 12.5. The number of hydrogen-bond donors (Lipinski definition) is 0. The molecule has 1 atom stereocenters. The van der Waals surface area contributed by atoms with Gasteiger partial charge in [0.15, 0.2) is 5.69 Å². The van der Waals surface area contributed by atoms with Gasteiger partial charge in [-0.05, 0) is 42.6 Å². The highest BCUT2D eigenvalue weighted by Gasteiger charge is 2.30. The van der Waals surface area contributed by atoms with Crippen molar-refractivity contribution >= 4 is 52.2 Å². The molecule has 1 aromatic heterocycles. The molecule has 0 radical (unpaired) electrons. The Balaban J connectivity index is 2.25. The molecule has 2 rings (SSSR count). The molecule has 0 saturated carbocycles. The van der Waals surface area contributed by atoms with Gasteiger partial charge in [-0.1, -0.05) is 39.3 Å². The molecule has 0 aliphatic rings. The van der Waals surface area contributed by atoms with Crippen LogP contribution < -0.4 is 0 Å². The Bertz CT molecular complexity index is 753. The van der Waals surface area contributed by atoms with Crippen LogP contribution in [0.4, 0.5) is 8.78 Å². The summed E-state index contributed by atoms with van der Waals surface area (Å²) in [5, 5.41) is 5.30.